The van der Waals surface area contributed by atoms with E-state index in [0.29, 0.717) is 12.2 Å². The summed E-state index contributed by atoms with van der Waals surface area (Å²) in [5.74, 6) is 1.10. The van der Waals surface area contributed by atoms with Crippen molar-refractivity contribution in [3.8, 4) is 17.2 Å². The number of carbonyl (C=O) groups is 1. The molecule has 0 bridgehead atoms. The van der Waals surface area contributed by atoms with E-state index in [2.05, 4.69) is 6.58 Å². The molecule has 0 amide bonds. The van der Waals surface area contributed by atoms with E-state index in [9.17, 15) is 4.79 Å². The van der Waals surface area contributed by atoms with Crippen molar-refractivity contribution in [1.82, 2.24) is 4.57 Å². The third kappa shape index (κ3) is 4.42. The molecular formula is C22H25NO4. The number of hydrogen-bond acceptors (Lipinski definition) is 4. The van der Waals surface area contributed by atoms with Gasteiger partial charge < -0.3 is 18.5 Å². The molecule has 1 aromatic carbocycles. The minimum atomic E-state index is -0.640. The minimum Gasteiger partial charge on any atom is -0.490 e. The Hall–Kier alpha value is -2.95. The van der Waals surface area contributed by atoms with Gasteiger partial charge in [0.05, 0.1) is 11.8 Å². The number of ether oxygens (including phenoxy) is 2. The molecule has 3 aromatic rings. The van der Waals surface area contributed by atoms with Gasteiger partial charge >= 0.3 is 5.97 Å². The summed E-state index contributed by atoms with van der Waals surface area (Å²) in [6, 6.07) is 11.8. The first-order valence-corrected chi connectivity index (χ1v) is 8.95. The molecule has 2 heterocycles. The van der Waals surface area contributed by atoms with Gasteiger partial charge in [0.15, 0.2) is 5.76 Å². The van der Waals surface area contributed by atoms with E-state index < -0.39 is 11.6 Å². The largest absolute Gasteiger partial charge is 0.490 e. The number of aromatic nitrogens is 1. The maximum Gasteiger partial charge on any atom is 0.330 e. The van der Waals surface area contributed by atoms with Gasteiger partial charge in [-0.15, -0.1) is 0 Å². The van der Waals surface area contributed by atoms with Crippen LogP contribution in [0.1, 0.15) is 27.2 Å². The predicted molar refractivity (Wildman–Crippen MR) is 106 cm³/mol. The van der Waals surface area contributed by atoms with Crippen molar-refractivity contribution in [2.75, 3.05) is 0 Å². The highest BCUT2D eigenvalue weighted by Crippen LogP contribution is 2.31. The summed E-state index contributed by atoms with van der Waals surface area (Å²) in [6.45, 7) is 9.09. The number of furan rings is 1. The Morgan fingerprint density at radius 2 is 2.11 bits per heavy atom. The summed E-state index contributed by atoms with van der Waals surface area (Å²) >= 11 is 0. The molecule has 5 nitrogen and oxygen atoms in total. The molecule has 27 heavy (non-hydrogen) atoms. The van der Waals surface area contributed by atoms with Gasteiger partial charge in [-0.05, 0) is 51.1 Å². The van der Waals surface area contributed by atoms with E-state index in [1.54, 1.807) is 0 Å². The molecule has 0 spiro atoms. The van der Waals surface area contributed by atoms with Crippen LogP contribution >= 0.6 is 0 Å². The lowest BCUT2D eigenvalue weighted by Crippen LogP contribution is -2.33. The maximum absolute atomic E-state index is 11.4. The fourth-order valence-electron chi connectivity index (χ4n) is 3.25. The summed E-state index contributed by atoms with van der Waals surface area (Å²) in [5.41, 5.74) is 1.15. The topological polar surface area (TPSA) is 53.6 Å². The lowest BCUT2D eigenvalue weighted by Gasteiger charge is -2.28. The Morgan fingerprint density at radius 3 is 2.78 bits per heavy atom. The number of fused-ring (bicyclic) bond motifs is 1. The Balaban J connectivity index is 1.72. The van der Waals surface area contributed by atoms with Crippen LogP contribution in [0.3, 0.4) is 0 Å². The standard InChI is InChI=1S/C22H25NO4/c1-6-21(24)27-22(3,4)14-15(2)25-17-10-9-16-12-20(26-19(16)13-17)18-8-7-11-23(18)5/h6-13,15H,1,14H2,2-5H3. The van der Waals surface area contributed by atoms with Gasteiger partial charge in [0.25, 0.3) is 0 Å². The molecule has 0 saturated carbocycles. The van der Waals surface area contributed by atoms with Gasteiger partial charge in [-0.3, -0.25) is 0 Å². The fraction of sp³-hybridized carbons (Fsp3) is 0.318. The lowest BCUT2D eigenvalue weighted by atomic mass is 10.0. The Labute approximate surface area is 159 Å². The average molecular weight is 367 g/mol. The number of esters is 1. The first-order valence-electron chi connectivity index (χ1n) is 8.95. The highest BCUT2D eigenvalue weighted by atomic mass is 16.6. The third-order valence-electron chi connectivity index (χ3n) is 4.35. The smallest absolute Gasteiger partial charge is 0.330 e. The fourth-order valence-corrected chi connectivity index (χ4v) is 3.25. The number of benzene rings is 1. The molecule has 2 aromatic heterocycles. The van der Waals surface area contributed by atoms with Crippen molar-refractivity contribution in [1.29, 1.82) is 0 Å². The van der Waals surface area contributed by atoms with E-state index in [-0.39, 0.29) is 6.10 Å². The third-order valence-corrected chi connectivity index (χ3v) is 4.35. The average Bonchev–Trinajstić information content (AvgIpc) is 3.18. The van der Waals surface area contributed by atoms with E-state index in [4.69, 9.17) is 13.9 Å². The van der Waals surface area contributed by atoms with Crippen LogP contribution in [0.5, 0.6) is 5.75 Å². The van der Waals surface area contributed by atoms with Crippen LogP contribution in [0, 0.1) is 0 Å². The number of carbonyl (C=O) groups excluding carboxylic acids is 1. The van der Waals surface area contributed by atoms with Gasteiger partial charge in [0, 0.05) is 37.2 Å². The summed E-state index contributed by atoms with van der Waals surface area (Å²) in [6.07, 6.45) is 3.57. The van der Waals surface area contributed by atoms with Gasteiger partial charge in [0.2, 0.25) is 0 Å². The minimum absolute atomic E-state index is 0.141. The highest BCUT2D eigenvalue weighted by molar-refractivity contribution is 5.83. The molecule has 3 rings (SSSR count). The molecule has 0 radical (unpaired) electrons. The zero-order chi connectivity index (χ0) is 19.6. The van der Waals surface area contributed by atoms with Crippen LogP contribution in [-0.2, 0) is 16.6 Å². The number of aryl methyl sites for hydroxylation is 1. The Kier molecular flexibility index (Phi) is 5.13. The van der Waals surface area contributed by atoms with Crippen molar-refractivity contribution >= 4 is 16.9 Å². The van der Waals surface area contributed by atoms with Crippen molar-refractivity contribution in [3.63, 3.8) is 0 Å². The molecule has 0 aliphatic heterocycles. The zero-order valence-corrected chi connectivity index (χ0v) is 16.2. The SMILES string of the molecule is C=CC(=O)OC(C)(C)CC(C)Oc1ccc2cc(-c3cccn3C)oc2c1. The Morgan fingerprint density at radius 1 is 1.33 bits per heavy atom. The van der Waals surface area contributed by atoms with Crippen molar-refractivity contribution in [2.24, 2.45) is 7.05 Å². The Bertz CT molecular complexity index is 964. The molecule has 0 saturated heterocycles. The second-order valence-electron chi connectivity index (χ2n) is 7.33. The summed E-state index contributed by atoms with van der Waals surface area (Å²) in [7, 11) is 1.99. The van der Waals surface area contributed by atoms with Crippen LogP contribution < -0.4 is 4.74 Å². The number of nitrogens with zero attached hydrogens (tertiary/aromatic N) is 1. The molecule has 5 heteroatoms. The van der Waals surface area contributed by atoms with Gasteiger partial charge in [0.1, 0.15) is 16.9 Å². The van der Waals surface area contributed by atoms with Gasteiger partial charge in [-0.25, -0.2) is 4.79 Å². The highest BCUT2D eigenvalue weighted by Gasteiger charge is 2.25. The molecule has 0 N–H and O–H groups in total. The molecule has 1 unspecified atom stereocenters. The van der Waals surface area contributed by atoms with Crippen molar-refractivity contribution < 1.29 is 18.7 Å². The van der Waals surface area contributed by atoms with Crippen LogP contribution in [-0.4, -0.2) is 22.2 Å². The zero-order valence-electron chi connectivity index (χ0n) is 16.2. The maximum atomic E-state index is 11.4. The van der Waals surface area contributed by atoms with Crippen molar-refractivity contribution in [3.05, 3.63) is 55.3 Å². The molecular weight excluding hydrogens is 342 g/mol. The van der Waals surface area contributed by atoms with E-state index >= 15 is 0 Å². The summed E-state index contributed by atoms with van der Waals surface area (Å²) in [4.78, 5) is 11.4. The van der Waals surface area contributed by atoms with Crippen molar-refractivity contribution in [2.45, 2.75) is 38.9 Å². The quantitative estimate of drug-likeness (QED) is 0.430. The van der Waals surface area contributed by atoms with Gasteiger partial charge in [-0.2, -0.15) is 0 Å². The van der Waals surface area contributed by atoms with E-state index in [0.717, 1.165) is 22.4 Å². The van der Waals surface area contributed by atoms with E-state index in [1.165, 1.54) is 6.08 Å². The second kappa shape index (κ2) is 7.35. The first kappa shape index (κ1) is 18.8. The number of hydrogen-bond donors (Lipinski definition) is 0. The second-order valence-corrected chi connectivity index (χ2v) is 7.33. The molecule has 0 aliphatic rings. The molecule has 1 atom stereocenters. The summed E-state index contributed by atoms with van der Waals surface area (Å²) in [5, 5.41) is 1.02. The number of rotatable bonds is 7. The van der Waals surface area contributed by atoms with Gasteiger partial charge in [-0.1, -0.05) is 6.58 Å². The van der Waals surface area contributed by atoms with Crippen LogP contribution in [0.15, 0.2) is 59.7 Å². The van der Waals surface area contributed by atoms with Crippen LogP contribution in [0.4, 0.5) is 0 Å². The monoisotopic (exact) mass is 367 g/mol. The molecule has 142 valence electrons. The molecule has 0 aliphatic carbocycles. The first-order chi connectivity index (χ1) is 12.8. The summed E-state index contributed by atoms with van der Waals surface area (Å²) < 4.78 is 19.4. The van der Waals surface area contributed by atoms with Crippen LogP contribution in [0.2, 0.25) is 0 Å². The molecule has 0 fully saturated rings. The van der Waals surface area contributed by atoms with E-state index in [1.807, 2.05) is 75.0 Å². The van der Waals surface area contributed by atoms with Crippen LogP contribution in [0.25, 0.3) is 22.4 Å². The normalized spacial score (nSPS) is 12.7. The predicted octanol–water partition coefficient (Wildman–Crippen LogP) is 5.10. The lowest BCUT2D eigenvalue weighted by molar-refractivity contribution is -0.152.